The fourth-order valence-electron chi connectivity index (χ4n) is 2.33. The molecular weight excluding hydrogens is 240 g/mol. The van der Waals surface area contributed by atoms with E-state index in [2.05, 4.69) is 29.5 Å². The Morgan fingerprint density at radius 2 is 2.26 bits per heavy atom. The van der Waals surface area contributed by atoms with Crippen molar-refractivity contribution in [3.8, 4) is 0 Å². The van der Waals surface area contributed by atoms with Gasteiger partial charge >= 0.3 is 0 Å². The second-order valence-electron chi connectivity index (χ2n) is 5.76. The zero-order valence-electron chi connectivity index (χ0n) is 12.0. The maximum atomic E-state index is 12.2. The van der Waals surface area contributed by atoms with Crippen LogP contribution in [0.1, 0.15) is 30.8 Å². The number of anilines is 1. The van der Waals surface area contributed by atoms with Gasteiger partial charge in [-0.15, -0.1) is 0 Å². The quantitative estimate of drug-likeness (QED) is 0.854. The summed E-state index contributed by atoms with van der Waals surface area (Å²) in [5, 5.41) is 6.46. The summed E-state index contributed by atoms with van der Waals surface area (Å²) in [7, 11) is 3.89. The highest BCUT2D eigenvalue weighted by atomic mass is 16.2. The highest BCUT2D eigenvalue weighted by Gasteiger charge is 2.35. The largest absolute Gasteiger partial charge is 0.378 e. The lowest BCUT2D eigenvalue weighted by atomic mass is 9.97. The van der Waals surface area contributed by atoms with E-state index < -0.39 is 0 Å². The molecule has 1 fully saturated rings. The predicted octanol–water partition coefficient (Wildman–Crippen LogP) is 1.02. The normalized spacial score (nSPS) is 21.2. The number of rotatable bonds is 3. The SMILES string of the molecule is CN(C)c1ccnc(C(=O)N[C@@H]2CCNC2(C)C)c1. The minimum Gasteiger partial charge on any atom is -0.378 e. The van der Waals surface area contributed by atoms with Crippen LogP contribution in [0.15, 0.2) is 18.3 Å². The lowest BCUT2D eigenvalue weighted by Crippen LogP contribution is -2.50. The van der Waals surface area contributed by atoms with E-state index in [1.807, 2.05) is 31.1 Å². The van der Waals surface area contributed by atoms with Crippen molar-refractivity contribution in [2.24, 2.45) is 0 Å². The summed E-state index contributed by atoms with van der Waals surface area (Å²) < 4.78 is 0. The number of pyridine rings is 1. The molecule has 2 rings (SSSR count). The number of nitrogens with zero attached hydrogens (tertiary/aromatic N) is 2. The molecule has 2 heterocycles. The third-order valence-corrected chi connectivity index (χ3v) is 3.68. The number of amides is 1. The molecule has 2 N–H and O–H groups in total. The Hall–Kier alpha value is -1.62. The van der Waals surface area contributed by atoms with E-state index in [9.17, 15) is 4.79 Å². The molecule has 0 radical (unpaired) electrons. The molecule has 0 aliphatic carbocycles. The van der Waals surface area contributed by atoms with Gasteiger partial charge in [-0.1, -0.05) is 0 Å². The number of aromatic nitrogens is 1. The predicted molar refractivity (Wildman–Crippen MR) is 76.5 cm³/mol. The molecule has 1 aromatic heterocycles. The van der Waals surface area contributed by atoms with Crippen LogP contribution >= 0.6 is 0 Å². The second kappa shape index (κ2) is 5.17. The first-order chi connectivity index (χ1) is 8.90. The van der Waals surface area contributed by atoms with Gasteiger partial charge in [0.05, 0.1) is 0 Å². The molecule has 1 atom stereocenters. The number of hydrogen-bond acceptors (Lipinski definition) is 4. The Labute approximate surface area is 114 Å². The van der Waals surface area contributed by atoms with Gasteiger partial charge in [0.15, 0.2) is 0 Å². The van der Waals surface area contributed by atoms with Crippen LogP contribution in [0.4, 0.5) is 5.69 Å². The maximum absolute atomic E-state index is 12.2. The first-order valence-corrected chi connectivity index (χ1v) is 6.59. The van der Waals surface area contributed by atoms with Gasteiger partial charge in [-0.25, -0.2) is 0 Å². The van der Waals surface area contributed by atoms with Gasteiger partial charge in [-0.3, -0.25) is 9.78 Å². The second-order valence-corrected chi connectivity index (χ2v) is 5.76. The van der Waals surface area contributed by atoms with E-state index in [-0.39, 0.29) is 17.5 Å². The molecule has 1 aliphatic rings. The van der Waals surface area contributed by atoms with Gasteiger partial charge in [-0.05, 0) is 38.9 Å². The zero-order valence-corrected chi connectivity index (χ0v) is 12.0. The van der Waals surface area contributed by atoms with Crippen LogP contribution < -0.4 is 15.5 Å². The van der Waals surface area contributed by atoms with Crippen LogP contribution in [-0.2, 0) is 0 Å². The van der Waals surface area contributed by atoms with Crippen LogP contribution in [0, 0.1) is 0 Å². The average Bonchev–Trinajstić information content (AvgIpc) is 2.69. The van der Waals surface area contributed by atoms with Crippen molar-refractivity contribution in [1.29, 1.82) is 0 Å². The lowest BCUT2D eigenvalue weighted by molar-refractivity contribution is 0.0919. The number of nitrogens with one attached hydrogen (secondary N) is 2. The maximum Gasteiger partial charge on any atom is 0.270 e. The topological polar surface area (TPSA) is 57.3 Å². The fourth-order valence-corrected chi connectivity index (χ4v) is 2.33. The van der Waals surface area contributed by atoms with Crippen molar-refractivity contribution in [3.63, 3.8) is 0 Å². The molecule has 1 saturated heterocycles. The smallest absolute Gasteiger partial charge is 0.270 e. The Balaban J connectivity index is 2.10. The van der Waals surface area contributed by atoms with E-state index in [0.717, 1.165) is 18.7 Å². The van der Waals surface area contributed by atoms with Gasteiger partial charge < -0.3 is 15.5 Å². The third kappa shape index (κ3) is 3.04. The van der Waals surface area contributed by atoms with Crippen LogP contribution in [0.5, 0.6) is 0 Å². The summed E-state index contributed by atoms with van der Waals surface area (Å²) in [6, 6.07) is 3.84. The molecule has 0 unspecified atom stereocenters. The average molecular weight is 262 g/mol. The zero-order chi connectivity index (χ0) is 14.0. The van der Waals surface area contributed by atoms with E-state index in [1.165, 1.54) is 0 Å². The molecule has 1 aliphatic heterocycles. The summed E-state index contributed by atoms with van der Waals surface area (Å²) in [5.41, 5.74) is 1.38. The molecule has 5 nitrogen and oxygen atoms in total. The number of hydrogen-bond donors (Lipinski definition) is 2. The van der Waals surface area contributed by atoms with Crippen molar-refractivity contribution < 1.29 is 4.79 Å². The van der Waals surface area contributed by atoms with Gasteiger partial charge in [0.1, 0.15) is 5.69 Å². The molecular formula is C14H22N4O. The van der Waals surface area contributed by atoms with Crippen LogP contribution in [0.25, 0.3) is 0 Å². The van der Waals surface area contributed by atoms with Crippen molar-refractivity contribution >= 4 is 11.6 Å². The summed E-state index contributed by atoms with van der Waals surface area (Å²) in [5.74, 6) is -0.106. The van der Waals surface area contributed by atoms with Crippen LogP contribution in [-0.4, -0.2) is 43.1 Å². The van der Waals surface area contributed by atoms with Crippen LogP contribution in [0.3, 0.4) is 0 Å². The molecule has 1 aromatic rings. The first kappa shape index (κ1) is 13.8. The summed E-state index contributed by atoms with van der Waals surface area (Å²) in [4.78, 5) is 18.4. The van der Waals surface area contributed by atoms with Gasteiger partial charge in [-0.2, -0.15) is 0 Å². The molecule has 0 spiro atoms. The van der Waals surface area contributed by atoms with E-state index in [4.69, 9.17) is 0 Å². The standard InChI is InChI=1S/C14H22N4O/c1-14(2)12(6-8-16-14)17-13(19)11-9-10(18(3)4)5-7-15-11/h5,7,9,12,16H,6,8H2,1-4H3,(H,17,19)/t12-/m1/s1. The van der Waals surface area contributed by atoms with Gasteiger partial charge in [0, 0.05) is 37.6 Å². The van der Waals surface area contributed by atoms with Crippen molar-refractivity contribution in [2.75, 3.05) is 25.5 Å². The molecule has 1 amide bonds. The Bertz CT molecular complexity index is 470. The minimum atomic E-state index is -0.106. The summed E-state index contributed by atoms with van der Waals surface area (Å²) in [6.07, 6.45) is 2.62. The monoisotopic (exact) mass is 262 g/mol. The minimum absolute atomic E-state index is 0.0607. The van der Waals surface area contributed by atoms with Crippen LogP contribution in [0.2, 0.25) is 0 Å². The Morgan fingerprint density at radius 3 is 2.84 bits per heavy atom. The molecule has 19 heavy (non-hydrogen) atoms. The van der Waals surface area contributed by atoms with E-state index in [0.29, 0.717) is 5.69 Å². The summed E-state index contributed by atoms with van der Waals surface area (Å²) in [6.45, 7) is 5.15. The lowest BCUT2D eigenvalue weighted by Gasteiger charge is -2.27. The third-order valence-electron chi connectivity index (χ3n) is 3.68. The Morgan fingerprint density at radius 1 is 1.53 bits per heavy atom. The van der Waals surface area contributed by atoms with E-state index in [1.54, 1.807) is 6.20 Å². The highest BCUT2D eigenvalue weighted by molar-refractivity contribution is 5.93. The highest BCUT2D eigenvalue weighted by Crippen LogP contribution is 2.19. The van der Waals surface area contributed by atoms with Crippen molar-refractivity contribution in [3.05, 3.63) is 24.0 Å². The molecule has 0 aromatic carbocycles. The number of carbonyl (C=O) groups is 1. The number of carbonyl (C=O) groups excluding carboxylic acids is 1. The Kier molecular flexibility index (Phi) is 3.75. The molecule has 0 saturated carbocycles. The van der Waals surface area contributed by atoms with Gasteiger partial charge in [0.2, 0.25) is 0 Å². The van der Waals surface area contributed by atoms with Crippen molar-refractivity contribution in [2.45, 2.75) is 31.8 Å². The fraction of sp³-hybridized carbons (Fsp3) is 0.571. The van der Waals surface area contributed by atoms with Crippen molar-refractivity contribution in [1.82, 2.24) is 15.6 Å². The molecule has 104 valence electrons. The first-order valence-electron chi connectivity index (χ1n) is 6.59. The summed E-state index contributed by atoms with van der Waals surface area (Å²) >= 11 is 0. The van der Waals surface area contributed by atoms with Gasteiger partial charge in [0.25, 0.3) is 5.91 Å². The van der Waals surface area contributed by atoms with E-state index >= 15 is 0 Å². The molecule has 5 heteroatoms. The molecule has 0 bridgehead atoms.